The van der Waals surface area contributed by atoms with E-state index in [4.69, 9.17) is 23.7 Å². The van der Waals surface area contributed by atoms with Crippen molar-refractivity contribution in [2.24, 2.45) is 0 Å². The summed E-state index contributed by atoms with van der Waals surface area (Å²) in [6.07, 6.45) is 0. The lowest BCUT2D eigenvalue weighted by molar-refractivity contribution is -0.135. The van der Waals surface area contributed by atoms with Gasteiger partial charge in [0.05, 0.1) is 9.86 Å². The summed E-state index contributed by atoms with van der Waals surface area (Å²) in [5.41, 5.74) is -1.05. The van der Waals surface area contributed by atoms with E-state index < -0.39 is 63.7 Å². The average Bonchev–Trinajstić information content (AvgIpc) is 2.78. The number of carbonyl (C=O) groups excluding carboxylic acids is 5. The average molecular weight is 525 g/mol. The molecule has 0 bridgehead atoms. The predicted molar refractivity (Wildman–Crippen MR) is 114 cm³/mol. The van der Waals surface area contributed by atoms with Crippen molar-refractivity contribution in [3.8, 4) is 28.7 Å². The molecule has 0 heterocycles. The lowest BCUT2D eigenvalue weighted by atomic mass is 10.1. The Balaban J connectivity index is 3.22. The molecule has 0 saturated carbocycles. The Bertz CT molecular complexity index is 1260. The molecular weight excluding hydrogens is 508 g/mol. The fraction of sp³-hybridized carbons (Fsp3) is 0.238. The Morgan fingerprint density at radius 3 is 1.52 bits per heavy atom. The van der Waals surface area contributed by atoms with E-state index in [9.17, 15) is 28.8 Å². The maximum absolute atomic E-state index is 13.5. The minimum Gasteiger partial charge on any atom is -0.423 e. The minimum atomic E-state index is -1.05. The molecule has 2 aromatic rings. The highest BCUT2D eigenvalue weighted by Crippen LogP contribution is 2.49. The van der Waals surface area contributed by atoms with Crippen molar-refractivity contribution in [2.75, 3.05) is 0 Å². The van der Waals surface area contributed by atoms with Crippen LogP contribution in [0.3, 0.4) is 0 Å². The highest BCUT2D eigenvalue weighted by molar-refractivity contribution is 9.10. The lowest BCUT2D eigenvalue weighted by Gasteiger charge is -2.16. The molecule has 0 atom stereocenters. The molecule has 0 N–H and O–H groups in total. The molecular formula is C21H17BrO11. The summed E-state index contributed by atoms with van der Waals surface area (Å²) in [7, 11) is 0. The van der Waals surface area contributed by atoms with Gasteiger partial charge in [-0.2, -0.15) is 0 Å². The summed E-state index contributed by atoms with van der Waals surface area (Å²) in [4.78, 5) is 71.9. The lowest BCUT2D eigenvalue weighted by Crippen LogP contribution is -2.16. The molecule has 0 fully saturated rings. The number of hydrogen-bond acceptors (Lipinski definition) is 11. The molecule has 0 aromatic heterocycles. The molecule has 12 heteroatoms. The summed E-state index contributed by atoms with van der Waals surface area (Å²) in [5, 5.41) is -0.422. The number of halogens is 1. The third kappa shape index (κ3) is 5.92. The van der Waals surface area contributed by atoms with Crippen LogP contribution in [0.5, 0.6) is 28.7 Å². The third-order valence-electron chi connectivity index (χ3n) is 3.64. The van der Waals surface area contributed by atoms with Crippen LogP contribution in [0.25, 0.3) is 10.8 Å². The number of benzene rings is 1. The van der Waals surface area contributed by atoms with Crippen molar-refractivity contribution in [2.45, 2.75) is 34.6 Å². The van der Waals surface area contributed by atoms with E-state index in [0.29, 0.717) is 0 Å². The zero-order valence-electron chi connectivity index (χ0n) is 18.0. The first-order chi connectivity index (χ1) is 15.3. The van der Waals surface area contributed by atoms with Crippen molar-refractivity contribution in [1.29, 1.82) is 0 Å². The number of fused-ring (bicyclic) bond motifs is 1. The van der Waals surface area contributed by atoms with Gasteiger partial charge in [-0.15, -0.1) is 0 Å². The molecule has 33 heavy (non-hydrogen) atoms. The van der Waals surface area contributed by atoms with Gasteiger partial charge in [-0.05, 0) is 28.1 Å². The fourth-order valence-electron chi connectivity index (χ4n) is 2.70. The van der Waals surface area contributed by atoms with Crippen molar-refractivity contribution in [3.63, 3.8) is 0 Å². The molecule has 0 saturated heterocycles. The topological polar surface area (TPSA) is 149 Å². The zero-order chi connectivity index (χ0) is 25.0. The van der Waals surface area contributed by atoms with Crippen LogP contribution in [-0.2, 0) is 24.0 Å². The Labute approximate surface area is 194 Å². The SMILES string of the molecule is CC(=O)Oc1ccc2c(Br)c(OC(C)=O)c(OC(C)=O)c(OC(C)=O)c2c(=O)c1OC(C)=O. The summed E-state index contributed by atoms with van der Waals surface area (Å²) < 4.78 is 25.4. The van der Waals surface area contributed by atoms with Crippen molar-refractivity contribution in [3.05, 3.63) is 26.8 Å². The van der Waals surface area contributed by atoms with Gasteiger partial charge in [0.25, 0.3) is 0 Å². The van der Waals surface area contributed by atoms with Crippen LogP contribution in [0.15, 0.2) is 21.4 Å². The van der Waals surface area contributed by atoms with Gasteiger partial charge in [-0.25, -0.2) is 0 Å². The molecule has 11 nitrogen and oxygen atoms in total. The molecule has 0 amide bonds. The predicted octanol–water partition coefficient (Wildman–Crippen LogP) is 2.59. The van der Waals surface area contributed by atoms with Crippen LogP contribution < -0.4 is 29.1 Å². The Hall–Kier alpha value is -3.80. The molecule has 2 aromatic carbocycles. The van der Waals surface area contributed by atoms with E-state index in [-0.39, 0.29) is 15.6 Å². The summed E-state index contributed by atoms with van der Waals surface area (Å²) in [6, 6.07) is 2.40. The van der Waals surface area contributed by atoms with E-state index in [1.165, 1.54) is 6.07 Å². The van der Waals surface area contributed by atoms with Gasteiger partial charge in [0.1, 0.15) is 0 Å². The quantitative estimate of drug-likeness (QED) is 0.419. The number of esters is 5. The maximum atomic E-state index is 13.5. The first kappa shape index (κ1) is 25.5. The molecule has 0 radical (unpaired) electrons. The Kier molecular flexibility index (Phi) is 7.88. The Morgan fingerprint density at radius 2 is 1.03 bits per heavy atom. The molecule has 174 valence electrons. The summed E-state index contributed by atoms with van der Waals surface area (Å²) in [6.45, 7) is 5.19. The maximum Gasteiger partial charge on any atom is 0.308 e. The van der Waals surface area contributed by atoms with E-state index in [1.54, 1.807) is 0 Å². The van der Waals surface area contributed by atoms with Crippen molar-refractivity contribution in [1.82, 2.24) is 0 Å². The first-order valence-corrected chi connectivity index (χ1v) is 9.91. The summed E-state index contributed by atoms with van der Waals surface area (Å²) in [5.74, 6) is -6.98. The normalized spacial score (nSPS) is 10.2. The second-order valence-corrected chi connectivity index (χ2v) is 7.21. The third-order valence-corrected chi connectivity index (χ3v) is 4.43. The van der Waals surface area contributed by atoms with E-state index in [0.717, 1.165) is 40.7 Å². The van der Waals surface area contributed by atoms with Gasteiger partial charge >= 0.3 is 29.8 Å². The van der Waals surface area contributed by atoms with Crippen molar-refractivity contribution < 1.29 is 47.7 Å². The van der Waals surface area contributed by atoms with Gasteiger partial charge in [0.2, 0.25) is 16.9 Å². The van der Waals surface area contributed by atoms with E-state index in [1.807, 2.05) is 0 Å². The second kappa shape index (κ2) is 10.2. The monoisotopic (exact) mass is 524 g/mol. The number of hydrogen-bond donors (Lipinski definition) is 0. The number of rotatable bonds is 5. The molecule has 0 aliphatic carbocycles. The molecule has 0 unspecified atom stereocenters. The van der Waals surface area contributed by atoms with Crippen LogP contribution in [-0.4, -0.2) is 29.8 Å². The van der Waals surface area contributed by atoms with Crippen LogP contribution in [0, 0.1) is 0 Å². The van der Waals surface area contributed by atoms with Gasteiger partial charge < -0.3 is 23.7 Å². The Morgan fingerprint density at radius 1 is 0.606 bits per heavy atom. The number of ether oxygens (including phenoxy) is 5. The van der Waals surface area contributed by atoms with E-state index in [2.05, 4.69) is 15.9 Å². The van der Waals surface area contributed by atoms with E-state index >= 15 is 0 Å². The molecule has 0 aliphatic heterocycles. The largest absolute Gasteiger partial charge is 0.423 e. The van der Waals surface area contributed by atoms with Crippen molar-refractivity contribution >= 4 is 56.5 Å². The van der Waals surface area contributed by atoms with Gasteiger partial charge in [-0.1, -0.05) is 0 Å². The van der Waals surface area contributed by atoms with Gasteiger partial charge in [-0.3, -0.25) is 28.8 Å². The first-order valence-electron chi connectivity index (χ1n) is 9.12. The standard InChI is InChI=1S/C21H17BrO11/c1-8(23)29-14-7-6-13-15(17(28)18(14)30-9(2)24)19(31-10(3)25)21(33-12(5)27)20(16(13)22)32-11(4)26/h6-7H,1-5H3. The summed E-state index contributed by atoms with van der Waals surface area (Å²) >= 11 is 3.19. The van der Waals surface area contributed by atoms with Crippen LogP contribution >= 0.6 is 15.9 Å². The smallest absolute Gasteiger partial charge is 0.308 e. The van der Waals surface area contributed by atoms with Crippen LogP contribution in [0.1, 0.15) is 34.6 Å². The van der Waals surface area contributed by atoms with Crippen LogP contribution in [0.4, 0.5) is 0 Å². The second-order valence-electron chi connectivity index (χ2n) is 6.41. The highest BCUT2D eigenvalue weighted by Gasteiger charge is 2.29. The highest BCUT2D eigenvalue weighted by atomic mass is 79.9. The molecule has 0 spiro atoms. The number of carbonyl (C=O) groups is 5. The van der Waals surface area contributed by atoms with Crippen LogP contribution in [0.2, 0.25) is 0 Å². The minimum absolute atomic E-state index is 0.0183. The molecule has 0 aliphatic rings. The van der Waals surface area contributed by atoms with Gasteiger partial charge in [0, 0.05) is 40.0 Å². The molecule has 2 rings (SSSR count). The zero-order valence-corrected chi connectivity index (χ0v) is 19.6. The fourth-order valence-corrected chi connectivity index (χ4v) is 3.29. The van der Waals surface area contributed by atoms with Gasteiger partial charge in [0.15, 0.2) is 17.2 Å².